The number of aromatic nitrogens is 2. The zero-order valence-corrected chi connectivity index (χ0v) is 11.2. The second-order valence-corrected chi connectivity index (χ2v) is 4.79. The average Bonchev–Trinajstić information content (AvgIpc) is 2.82. The molecule has 1 unspecified atom stereocenters. The van der Waals surface area contributed by atoms with Crippen LogP contribution in [0.25, 0.3) is 11.1 Å². The zero-order valence-electron chi connectivity index (χ0n) is 10.5. The molecule has 1 N–H and O–H groups in total. The maximum Gasteiger partial charge on any atom is 0.225 e. The normalized spacial score (nSPS) is 17.9. The highest BCUT2D eigenvalue weighted by atomic mass is 35.5. The lowest BCUT2D eigenvalue weighted by Gasteiger charge is -2.27. The summed E-state index contributed by atoms with van der Waals surface area (Å²) in [6, 6.07) is 1.69. The lowest BCUT2D eigenvalue weighted by molar-refractivity contribution is 0.122. The van der Waals surface area contributed by atoms with Crippen molar-refractivity contribution in [2.75, 3.05) is 31.2 Å². The van der Waals surface area contributed by atoms with Gasteiger partial charge in [0.15, 0.2) is 11.4 Å². The maximum absolute atomic E-state index is 9.59. The largest absolute Gasteiger partial charge is 0.453 e. The van der Waals surface area contributed by atoms with Crippen LogP contribution in [0.15, 0.2) is 10.5 Å². The molecule has 1 aliphatic heterocycles. The van der Waals surface area contributed by atoms with Crippen LogP contribution in [0, 0.1) is 0 Å². The Kier molecular flexibility index (Phi) is 3.30. The number of nitrogens with zero attached hydrogens (tertiary/aromatic N) is 3. The Bertz CT molecular complexity index is 593. The summed E-state index contributed by atoms with van der Waals surface area (Å²) >= 11 is 5.95. The summed E-state index contributed by atoms with van der Waals surface area (Å²) in [4.78, 5) is 10.4. The van der Waals surface area contributed by atoms with E-state index in [2.05, 4.69) is 14.9 Å². The van der Waals surface area contributed by atoms with Crippen LogP contribution in [0.3, 0.4) is 0 Å². The Balaban J connectivity index is 2.10. The minimum atomic E-state index is -0.689. The average molecular weight is 284 g/mol. The number of anilines is 1. The number of rotatable bonds is 2. The molecule has 0 aliphatic carbocycles. The number of aliphatic hydroxyl groups excluding tert-OH is 1. The van der Waals surface area contributed by atoms with Crippen molar-refractivity contribution in [2.45, 2.75) is 13.0 Å². The van der Waals surface area contributed by atoms with Crippen LogP contribution in [0.1, 0.15) is 18.8 Å². The molecule has 0 bridgehead atoms. The number of hydrogen-bond donors (Lipinski definition) is 1. The summed E-state index contributed by atoms with van der Waals surface area (Å²) < 4.78 is 11.0. The van der Waals surface area contributed by atoms with E-state index in [-0.39, 0.29) is 5.28 Å². The second-order valence-electron chi connectivity index (χ2n) is 4.45. The summed E-state index contributed by atoms with van der Waals surface area (Å²) in [5.41, 5.74) is 1.17. The quantitative estimate of drug-likeness (QED) is 0.847. The summed E-state index contributed by atoms with van der Waals surface area (Å²) in [5, 5.41) is 9.76. The number of ether oxygens (including phenoxy) is 1. The molecular weight excluding hydrogens is 270 g/mol. The fourth-order valence-electron chi connectivity index (χ4n) is 2.10. The van der Waals surface area contributed by atoms with Crippen molar-refractivity contribution in [1.82, 2.24) is 9.97 Å². The molecule has 0 aromatic carbocycles. The molecule has 1 fully saturated rings. The number of aliphatic hydroxyl groups is 1. The number of fused-ring (bicyclic) bond motifs is 1. The molecule has 1 aliphatic rings. The monoisotopic (exact) mass is 283 g/mol. The third kappa shape index (κ3) is 2.39. The van der Waals surface area contributed by atoms with Crippen LogP contribution in [-0.2, 0) is 4.74 Å². The van der Waals surface area contributed by atoms with E-state index in [0.717, 1.165) is 13.1 Å². The zero-order chi connectivity index (χ0) is 13.4. The van der Waals surface area contributed by atoms with E-state index in [4.69, 9.17) is 20.8 Å². The molecule has 2 aromatic heterocycles. The van der Waals surface area contributed by atoms with Crippen LogP contribution in [0.5, 0.6) is 0 Å². The van der Waals surface area contributed by atoms with Gasteiger partial charge in [0, 0.05) is 19.2 Å². The molecule has 3 rings (SSSR count). The highest BCUT2D eigenvalue weighted by Gasteiger charge is 2.21. The molecule has 0 amide bonds. The van der Waals surface area contributed by atoms with E-state index in [9.17, 15) is 5.11 Å². The first-order chi connectivity index (χ1) is 9.15. The van der Waals surface area contributed by atoms with Gasteiger partial charge in [0.25, 0.3) is 0 Å². The number of hydrogen-bond acceptors (Lipinski definition) is 6. The highest BCUT2D eigenvalue weighted by Crippen LogP contribution is 2.30. The fraction of sp³-hybridized carbons (Fsp3) is 0.500. The van der Waals surface area contributed by atoms with E-state index in [1.165, 1.54) is 0 Å². The van der Waals surface area contributed by atoms with Crippen LogP contribution in [0.2, 0.25) is 5.28 Å². The van der Waals surface area contributed by atoms with Crippen LogP contribution >= 0.6 is 11.6 Å². The molecule has 0 spiro atoms. The van der Waals surface area contributed by atoms with Crippen molar-refractivity contribution in [3.63, 3.8) is 0 Å². The van der Waals surface area contributed by atoms with Gasteiger partial charge >= 0.3 is 0 Å². The first-order valence-electron chi connectivity index (χ1n) is 6.13. The predicted molar refractivity (Wildman–Crippen MR) is 70.5 cm³/mol. The molecule has 2 aromatic rings. The SMILES string of the molecule is CC(O)c1cc2nc(Cl)nc(N3CCOCC3)c2o1. The van der Waals surface area contributed by atoms with Crippen molar-refractivity contribution in [3.8, 4) is 0 Å². The Morgan fingerprint density at radius 3 is 2.79 bits per heavy atom. The van der Waals surface area contributed by atoms with Gasteiger partial charge < -0.3 is 19.2 Å². The molecule has 102 valence electrons. The molecule has 3 heterocycles. The highest BCUT2D eigenvalue weighted by molar-refractivity contribution is 6.28. The smallest absolute Gasteiger partial charge is 0.225 e. The minimum Gasteiger partial charge on any atom is -0.453 e. The standard InChI is InChI=1S/C12H14ClN3O3/c1-7(17)9-6-8-10(19-9)11(15-12(13)14-8)16-2-4-18-5-3-16/h6-7,17H,2-5H2,1H3. The summed E-state index contributed by atoms with van der Waals surface area (Å²) in [5.74, 6) is 1.12. The number of morpholine rings is 1. The summed E-state index contributed by atoms with van der Waals surface area (Å²) in [7, 11) is 0. The van der Waals surface area contributed by atoms with Gasteiger partial charge in [0.2, 0.25) is 5.28 Å². The molecule has 19 heavy (non-hydrogen) atoms. The molecule has 7 heteroatoms. The van der Waals surface area contributed by atoms with Gasteiger partial charge in [-0.3, -0.25) is 0 Å². The maximum atomic E-state index is 9.59. The van der Waals surface area contributed by atoms with Gasteiger partial charge in [0.1, 0.15) is 17.4 Å². The third-order valence-electron chi connectivity index (χ3n) is 3.07. The fourth-order valence-corrected chi connectivity index (χ4v) is 2.27. The Labute approximate surface area is 115 Å². The van der Waals surface area contributed by atoms with Gasteiger partial charge in [0.05, 0.1) is 13.2 Å². The Morgan fingerprint density at radius 1 is 1.37 bits per heavy atom. The van der Waals surface area contributed by atoms with Gasteiger partial charge in [-0.1, -0.05) is 0 Å². The first kappa shape index (κ1) is 12.7. The summed E-state index contributed by atoms with van der Waals surface area (Å²) in [6.45, 7) is 4.39. The van der Waals surface area contributed by atoms with Crippen molar-refractivity contribution >= 4 is 28.5 Å². The van der Waals surface area contributed by atoms with Crippen LogP contribution in [-0.4, -0.2) is 41.4 Å². The van der Waals surface area contributed by atoms with Gasteiger partial charge in [-0.2, -0.15) is 4.98 Å². The van der Waals surface area contributed by atoms with E-state index < -0.39 is 6.10 Å². The molecule has 1 saturated heterocycles. The topological polar surface area (TPSA) is 71.6 Å². The second kappa shape index (κ2) is 4.96. The molecule has 0 saturated carbocycles. The van der Waals surface area contributed by atoms with Crippen molar-refractivity contribution in [3.05, 3.63) is 17.1 Å². The number of furan rings is 1. The summed E-state index contributed by atoms with van der Waals surface area (Å²) in [6.07, 6.45) is -0.689. The van der Waals surface area contributed by atoms with Gasteiger partial charge in [-0.05, 0) is 18.5 Å². The van der Waals surface area contributed by atoms with E-state index in [0.29, 0.717) is 35.9 Å². The third-order valence-corrected chi connectivity index (χ3v) is 3.24. The Morgan fingerprint density at radius 2 is 2.11 bits per heavy atom. The van der Waals surface area contributed by atoms with Gasteiger partial charge in [-0.25, -0.2) is 4.98 Å². The molecular formula is C12H14ClN3O3. The molecule has 6 nitrogen and oxygen atoms in total. The van der Waals surface area contributed by atoms with Crippen LogP contribution < -0.4 is 4.90 Å². The predicted octanol–water partition coefficient (Wildman–Crippen LogP) is 1.77. The van der Waals surface area contributed by atoms with E-state index >= 15 is 0 Å². The van der Waals surface area contributed by atoms with Crippen molar-refractivity contribution in [2.24, 2.45) is 0 Å². The van der Waals surface area contributed by atoms with Crippen LogP contribution in [0.4, 0.5) is 5.82 Å². The lowest BCUT2D eigenvalue weighted by Crippen LogP contribution is -2.36. The molecule has 1 atom stereocenters. The first-order valence-corrected chi connectivity index (χ1v) is 6.50. The van der Waals surface area contributed by atoms with Crippen molar-refractivity contribution in [1.29, 1.82) is 0 Å². The molecule has 0 radical (unpaired) electrons. The van der Waals surface area contributed by atoms with Crippen molar-refractivity contribution < 1.29 is 14.3 Å². The van der Waals surface area contributed by atoms with E-state index in [1.807, 2.05) is 0 Å². The lowest BCUT2D eigenvalue weighted by atomic mass is 10.3. The number of halogens is 1. The minimum absolute atomic E-state index is 0.173. The Hall–Kier alpha value is -1.37. The van der Waals surface area contributed by atoms with E-state index in [1.54, 1.807) is 13.0 Å². The van der Waals surface area contributed by atoms with Gasteiger partial charge in [-0.15, -0.1) is 0 Å².